The van der Waals surface area contributed by atoms with Crippen molar-refractivity contribution in [3.05, 3.63) is 28.3 Å². The second kappa shape index (κ2) is 8.05. The lowest BCUT2D eigenvalue weighted by Crippen LogP contribution is -2.38. The minimum atomic E-state index is -3.07. The molecule has 0 bridgehead atoms. The summed E-state index contributed by atoms with van der Waals surface area (Å²) in [5.74, 6) is -0.699. The number of carbonyl (C=O) groups excluding carboxylic acids is 2. The molecule has 9 heteroatoms. The van der Waals surface area contributed by atoms with Crippen molar-refractivity contribution in [3.63, 3.8) is 0 Å². The fourth-order valence-electron chi connectivity index (χ4n) is 2.62. The second-order valence-electron chi connectivity index (χ2n) is 5.99. The molecule has 1 amide bonds. The molecular weight excluding hydrogens is 370 g/mol. The molecule has 1 atom stereocenters. The predicted molar refractivity (Wildman–Crippen MR) is 92.6 cm³/mol. The van der Waals surface area contributed by atoms with Crippen LogP contribution in [0.3, 0.4) is 0 Å². The van der Waals surface area contributed by atoms with Gasteiger partial charge in [0, 0.05) is 11.1 Å². The van der Waals surface area contributed by atoms with Gasteiger partial charge in [-0.05, 0) is 43.5 Å². The van der Waals surface area contributed by atoms with Crippen molar-refractivity contribution in [3.8, 4) is 5.75 Å². The highest BCUT2D eigenvalue weighted by Crippen LogP contribution is 2.26. The van der Waals surface area contributed by atoms with Crippen molar-refractivity contribution in [1.29, 1.82) is 0 Å². The highest BCUT2D eigenvalue weighted by Gasteiger charge is 2.29. The van der Waals surface area contributed by atoms with Gasteiger partial charge in [-0.1, -0.05) is 11.6 Å². The highest BCUT2D eigenvalue weighted by molar-refractivity contribution is 7.91. The number of ether oxygens (including phenoxy) is 2. The number of sulfone groups is 1. The summed E-state index contributed by atoms with van der Waals surface area (Å²) in [5.41, 5.74) is 1.58. The summed E-state index contributed by atoms with van der Waals surface area (Å²) in [6, 6.07) is 3.02. The number of amides is 1. The third kappa shape index (κ3) is 5.89. The standard InChI is InChI=1S/C16H20ClNO6S/c1-10-5-12(17)6-11(2)16(10)24-8-15(20)23-7-14(19)18-13-3-4-25(21,22)9-13/h5-6,13H,3-4,7-9H2,1-2H3,(H,18,19)/t13-/m0/s1. The molecule has 7 nitrogen and oxygen atoms in total. The Kier molecular flexibility index (Phi) is 6.29. The van der Waals surface area contributed by atoms with E-state index in [-0.39, 0.29) is 18.1 Å². The largest absolute Gasteiger partial charge is 0.481 e. The maximum atomic E-state index is 11.7. The molecule has 0 aromatic heterocycles. The van der Waals surface area contributed by atoms with E-state index in [1.165, 1.54) is 0 Å². The lowest BCUT2D eigenvalue weighted by Gasteiger charge is -2.13. The minimum Gasteiger partial charge on any atom is -0.481 e. The van der Waals surface area contributed by atoms with Gasteiger partial charge in [-0.25, -0.2) is 13.2 Å². The third-order valence-electron chi connectivity index (χ3n) is 3.72. The van der Waals surface area contributed by atoms with Crippen LogP contribution in [-0.2, 0) is 24.2 Å². The van der Waals surface area contributed by atoms with Crippen molar-refractivity contribution in [2.24, 2.45) is 0 Å². The molecule has 1 aromatic carbocycles. The van der Waals surface area contributed by atoms with Crippen LogP contribution in [0, 0.1) is 13.8 Å². The lowest BCUT2D eigenvalue weighted by atomic mass is 10.1. The molecule has 1 aliphatic rings. The Bertz CT molecular complexity index is 754. The van der Waals surface area contributed by atoms with Gasteiger partial charge in [0.25, 0.3) is 5.91 Å². The van der Waals surface area contributed by atoms with Gasteiger partial charge in [-0.2, -0.15) is 0 Å². The fraction of sp³-hybridized carbons (Fsp3) is 0.500. The van der Waals surface area contributed by atoms with Gasteiger partial charge in [0.1, 0.15) is 5.75 Å². The molecule has 25 heavy (non-hydrogen) atoms. The van der Waals surface area contributed by atoms with E-state index < -0.39 is 34.4 Å². The summed E-state index contributed by atoms with van der Waals surface area (Å²) in [6.07, 6.45) is 0.375. The number of nitrogens with one attached hydrogen (secondary N) is 1. The zero-order valence-corrected chi connectivity index (χ0v) is 15.6. The molecule has 1 heterocycles. The number of carbonyl (C=O) groups is 2. The topological polar surface area (TPSA) is 98.8 Å². The first-order valence-electron chi connectivity index (χ1n) is 7.71. The van der Waals surface area contributed by atoms with Gasteiger partial charge in [-0.15, -0.1) is 0 Å². The van der Waals surface area contributed by atoms with Gasteiger partial charge < -0.3 is 14.8 Å². The Morgan fingerprint density at radius 2 is 1.88 bits per heavy atom. The smallest absolute Gasteiger partial charge is 0.344 e. The monoisotopic (exact) mass is 389 g/mol. The molecule has 1 aromatic rings. The average molecular weight is 390 g/mol. The summed E-state index contributed by atoms with van der Waals surface area (Å²) in [7, 11) is -3.07. The first-order chi connectivity index (χ1) is 11.7. The number of rotatable bonds is 6. The van der Waals surface area contributed by atoms with Crippen molar-refractivity contribution in [2.45, 2.75) is 26.3 Å². The molecule has 138 valence electrons. The van der Waals surface area contributed by atoms with Crippen LogP contribution < -0.4 is 10.1 Å². The molecular formula is C16H20ClNO6S. The summed E-state index contributed by atoms with van der Waals surface area (Å²) >= 11 is 5.93. The van der Waals surface area contributed by atoms with E-state index in [1.807, 2.05) is 13.8 Å². The summed E-state index contributed by atoms with van der Waals surface area (Å²) in [5, 5.41) is 3.12. The predicted octanol–water partition coefficient (Wildman–Crippen LogP) is 1.18. The van der Waals surface area contributed by atoms with Crippen molar-refractivity contribution < 1.29 is 27.5 Å². The zero-order valence-electron chi connectivity index (χ0n) is 14.0. The summed E-state index contributed by atoms with van der Waals surface area (Å²) in [4.78, 5) is 23.4. The van der Waals surface area contributed by atoms with Crippen LogP contribution in [-0.4, -0.2) is 51.1 Å². The molecule has 1 N–H and O–H groups in total. The molecule has 2 rings (SSSR count). The van der Waals surface area contributed by atoms with Crippen LogP contribution in [0.2, 0.25) is 5.02 Å². The van der Waals surface area contributed by atoms with Crippen LogP contribution >= 0.6 is 11.6 Å². The van der Waals surface area contributed by atoms with Gasteiger partial charge in [0.05, 0.1) is 11.5 Å². The van der Waals surface area contributed by atoms with Gasteiger partial charge >= 0.3 is 5.97 Å². The fourth-order valence-corrected chi connectivity index (χ4v) is 4.62. The number of esters is 1. The van der Waals surface area contributed by atoms with Crippen LogP contribution in [0.5, 0.6) is 5.75 Å². The maximum Gasteiger partial charge on any atom is 0.344 e. The first kappa shape index (κ1) is 19.5. The average Bonchev–Trinajstić information content (AvgIpc) is 2.82. The van der Waals surface area contributed by atoms with Crippen LogP contribution in [0.1, 0.15) is 17.5 Å². The van der Waals surface area contributed by atoms with Gasteiger partial charge in [-0.3, -0.25) is 4.79 Å². The highest BCUT2D eigenvalue weighted by atomic mass is 35.5. The summed E-state index contributed by atoms with van der Waals surface area (Å²) in [6.45, 7) is 2.80. The van der Waals surface area contributed by atoms with Crippen molar-refractivity contribution in [2.75, 3.05) is 24.7 Å². The Labute approximate surface area is 151 Å². The van der Waals surface area contributed by atoms with E-state index in [4.69, 9.17) is 21.1 Å². The minimum absolute atomic E-state index is 0.0609. The van der Waals surface area contributed by atoms with Crippen LogP contribution in [0.25, 0.3) is 0 Å². The maximum absolute atomic E-state index is 11.7. The van der Waals surface area contributed by atoms with E-state index >= 15 is 0 Å². The number of aryl methyl sites for hydroxylation is 2. The van der Waals surface area contributed by atoms with E-state index in [1.54, 1.807) is 12.1 Å². The number of benzene rings is 1. The Hall–Kier alpha value is -1.80. The zero-order chi connectivity index (χ0) is 18.6. The van der Waals surface area contributed by atoms with Crippen LogP contribution in [0.4, 0.5) is 0 Å². The molecule has 0 unspecified atom stereocenters. The number of halogens is 1. The molecule has 0 radical (unpaired) electrons. The van der Waals surface area contributed by atoms with Crippen molar-refractivity contribution >= 4 is 33.3 Å². The van der Waals surface area contributed by atoms with E-state index in [0.29, 0.717) is 17.2 Å². The Balaban J connectivity index is 1.75. The van der Waals surface area contributed by atoms with Crippen LogP contribution in [0.15, 0.2) is 12.1 Å². The quantitative estimate of drug-likeness (QED) is 0.733. The Morgan fingerprint density at radius 3 is 2.44 bits per heavy atom. The molecule has 1 saturated heterocycles. The SMILES string of the molecule is Cc1cc(Cl)cc(C)c1OCC(=O)OCC(=O)N[C@H]1CCS(=O)(=O)C1. The van der Waals surface area contributed by atoms with E-state index in [0.717, 1.165) is 11.1 Å². The molecule has 0 saturated carbocycles. The molecule has 1 aliphatic heterocycles. The van der Waals surface area contributed by atoms with Gasteiger partial charge in [0.2, 0.25) is 0 Å². The number of hydrogen-bond acceptors (Lipinski definition) is 6. The van der Waals surface area contributed by atoms with Crippen molar-refractivity contribution in [1.82, 2.24) is 5.32 Å². The Morgan fingerprint density at radius 1 is 1.24 bits per heavy atom. The second-order valence-corrected chi connectivity index (χ2v) is 8.65. The third-order valence-corrected chi connectivity index (χ3v) is 5.71. The number of hydrogen-bond donors (Lipinski definition) is 1. The summed E-state index contributed by atoms with van der Waals surface area (Å²) < 4.78 is 32.9. The van der Waals surface area contributed by atoms with E-state index in [9.17, 15) is 18.0 Å². The molecule has 0 spiro atoms. The normalized spacial score (nSPS) is 18.6. The van der Waals surface area contributed by atoms with Gasteiger partial charge in [0.15, 0.2) is 23.1 Å². The first-order valence-corrected chi connectivity index (χ1v) is 9.91. The molecule has 0 aliphatic carbocycles. The molecule has 1 fully saturated rings. The van der Waals surface area contributed by atoms with E-state index in [2.05, 4.69) is 5.32 Å². The lowest BCUT2D eigenvalue weighted by molar-refractivity contribution is -0.150.